The number of aryl methyl sites for hydroxylation is 2. The number of ether oxygens (including phenoxy) is 1. The van der Waals surface area contributed by atoms with Crippen molar-refractivity contribution in [3.8, 4) is 0 Å². The van der Waals surface area contributed by atoms with Crippen molar-refractivity contribution in [1.29, 1.82) is 0 Å². The fourth-order valence-electron chi connectivity index (χ4n) is 2.47. The summed E-state index contributed by atoms with van der Waals surface area (Å²) in [4.78, 5) is 24.0. The summed E-state index contributed by atoms with van der Waals surface area (Å²) >= 11 is 0. The van der Waals surface area contributed by atoms with Crippen molar-refractivity contribution in [1.82, 2.24) is 0 Å². The molecule has 24 heavy (non-hydrogen) atoms. The summed E-state index contributed by atoms with van der Waals surface area (Å²) in [7, 11) is -3.20. The molecule has 1 heterocycles. The molecule has 1 amide bonds. The van der Waals surface area contributed by atoms with Gasteiger partial charge >= 0.3 is 5.97 Å². The SMILES string of the molecule is Cc1ccc(NC(=O)[C@H](C)OC(=O)C[C@@H]2C=CS(=O)(=O)C2)c(C)c1. The van der Waals surface area contributed by atoms with Gasteiger partial charge in [-0.2, -0.15) is 0 Å². The fourth-order valence-corrected chi connectivity index (χ4v) is 3.87. The zero-order chi connectivity index (χ0) is 17.9. The molecule has 0 aromatic heterocycles. The average molecular weight is 351 g/mol. The molecule has 0 unspecified atom stereocenters. The minimum Gasteiger partial charge on any atom is -0.453 e. The van der Waals surface area contributed by atoms with Crippen molar-refractivity contribution in [2.75, 3.05) is 11.1 Å². The first kappa shape index (κ1) is 18.2. The molecule has 1 aliphatic rings. The highest BCUT2D eigenvalue weighted by atomic mass is 32.2. The highest BCUT2D eigenvalue weighted by Crippen LogP contribution is 2.20. The first-order valence-electron chi connectivity index (χ1n) is 7.65. The van der Waals surface area contributed by atoms with E-state index in [0.29, 0.717) is 5.69 Å². The number of allylic oxidation sites excluding steroid dienone is 1. The predicted octanol–water partition coefficient (Wildman–Crippen LogP) is 2.12. The molecule has 2 rings (SSSR count). The maximum Gasteiger partial charge on any atom is 0.307 e. The molecule has 0 saturated heterocycles. The van der Waals surface area contributed by atoms with Crippen molar-refractivity contribution < 1.29 is 22.7 Å². The van der Waals surface area contributed by atoms with Gasteiger partial charge in [-0.25, -0.2) is 8.42 Å². The van der Waals surface area contributed by atoms with Crippen LogP contribution in [0.5, 0.6) is 0 Å². The Morgan fingerprint density at radius 2 is 2.04 bits per heavy atom. The lowest BCUT2D eigenvalue weighted by molar-refractivity contribution is -0.153. The topological polar surface area (TPSA) is 89.5 Å². The van der Waals surface area contributed by atoms with Gasteiger partial charge in [0, 0.05) is 17.0 Å². The number of carbonyl (C=O) groups is 2. The van der Waals surface area contributed by atoms with E-state index in [1.54, 1.807) is 6.07 Å². The Morgan fingerprint density at radius 1 is 1.33 bits per heavy atom. The van der Waals surface area contributed by atoms with E-state index in [4.69, 9.17) is 4.74 Å². The number of amides is 1. The normalized spacial score (nSPS) is 19.7. The molecule has 1 aromatic carbocycles. The largest absolute Gasteiger partial charge is 0.453 e. The van der Waals surface area contributed by atoms with Gasteiger partial charge in [-0.15, -0.1) is 0 Å². The van der Waals surface area contributed by atoms with Crippen LogP contribution >= 0.6 is 0 Å². The Kier molecular flexibility index (Phi) is 5.43. The van der Waals surface area contributed by atoms with E-state index in [9.17, 15) is 18.0 Å². The van der Waals surface area contributed by atoms with E-state index in [2.05, 4.69) is 5.32 Å². The van der Waals surface area contributed by atoms with Gasteiger partial charge in [0.25, 0.3) is 5.91 Å². The number of nitrogens with one attached hydrogen (secondary N) is 1. The number of esters is 1. The Morgan fingerprint density at radius 3 is 2.62 bits per heavy atom. The summed E-state index contributed by atoms with van der Waals surface area (Å²) in [6.07, 6.45) is 0.466. The van der Waals surface area contributed by atoms with Gasteiger partial charge in [-0.1, -0.05) is 23.8 Å². The molecular weight excluding hydrogens is 330 g/mol. The van der Waals surface area contributed by atoms with Gasteiger partial charge in [0.15, 0.2) is 15.9 Å². The van der Waals surface area contributed by atoms with Crippen LogP contribution in [0.4, 0.5) is 5.69 Å². The second kappa shape index (κ2) is 7.17. The second-order valence-corrected chi connectivity index (χ2v) is 7.99. The minimum atomic E-state index is -3.20. The molecule has 1 aromatic rings. The standard InChI is InChI=1S/C17H21NO5S/c1-11-4-5-15(12(2)8-11)18-17(20)13(3)23-16(19)9-14-6-7-24(21,22)10-14/h4-8,13-14H,9-10H2,1-3H3,(H,18,20)/t13-,14-/m0/s1. The molecule has 0 fully saturated rings. The smallest absolute Gasteiger partial charge is 0.307 e. The highest BCUT2D eigenvalue weighted by molar-refractivity contribution is 7.94. The molecule has 130 valence electrons. The Bertz CT molecular complexity index is 782. The van der Waals surface area contributed by atoms with Gasteiger partial charge in [0.05, 0.1) is 12.2 Å². The predicted molar refractivity (Wildman–Crippen MR) is 91.1 cm³/mol. The molecule has 0 spiro atoms. The third kappa shape index (κ3) is 4.92. The lowest BCUT2D eigenvalue weighted by atomic mass is 10.1. The maximum atomic E-state index is 12.1. The first-order valence-corrected chi connectivity index (χ1v) is 9.36. The Hall–Kier alpha value is -2.15. The number of carbonyl (C=O) groups excluding carboxylic acids is 2. The van der Waals surface area contributed by atoms with Gasteiger partial charge in [-0.05, 0) is 32.4 Å². The molecule has 0 radical (unpaired) electrons. The zero-order valence-corrected chi connectivity index (χ0v) is 14.7. The molecule has 0 saturated carbocycles. The van der Waals surface area contributed by atoms with Crippen molar-refractivity contribution >= 4 is 27.4 Å². The van der Waals surface area contributed by atoms with E-state index < -0.39 is 33.7 Å². The summed E-state index contributed by atoms with van der Waals surface area (Å²) in [5.41, 5.74) is 2.67. The summed E-state index contributed by atoms with van der Waals surface area (Å²) in [6.45, 7) is 5.32. The number of hydrogen-bond acceptors (Lipinski definition) is 5. The maximum absolute atomic E-state index is 12.1. The van der Waals surface area contributed by atoms with Gasteiger partial charge in [-0.3, -0.25) is 9.59 Å². The third-order valence-electron chi connectivity index (χ3n) is 3.75. The van der Waals surface area contributed by atoms with Crippen LogP contribution in [0.2, 0.25) is 0 Å². The van der Waals surface area contributed by atoms with E-state index in [0.717, 1.165) is 16.5 Å². The zero-order valence-electron chi connectivity index (χ0n) is 13.9. The minimum absolute atomic E-state index is 0.0586. The lowest BCUT2D eigenvalue weighted by Gasteiger charge is -2.15. The highest BCUT2D eigenvalue weighted by Gasteiger charge is 2.26. The molecule has 0 aliphatic carbocycles. The molecule has 7 heteroatoms. The fraction of sp³-hybridized carbons (Fsp3) is 0.412. The second-order valence-electron chi connectivity index (χ2n) is 6.06. The van der Waals surface area contributed by atoms with Crippen LogP contribution in [0.15, 0.2) is 29.7 Å². The van der Waals surface area contributed by atoms with E-state index in [-0.39, 0.29) is 12.2 Å². The van der Waals surface area contributed by atoms with Crippen molar-refractivity contribution in [3.63, 3.8) is 0 Å². The number of benzene rings is 1. The molecule has 6 nitrogen and oxygen atoms in total. The Labute approximate surface area is 141 Å². The number of rotatable bonds is 5. The molecular formula is C17H21NO5S. The summed E-state index contributed by atoms with van der Waals surface area (Å²) in [5, 5.41) is 3.84. The molecule has 1 aliphatic heterocycles. The number of hydrogen-bond donors (Lipinski definition) is 1. The lowest BCUT2D eigenvalue weighted by Crippen LogP contribution is -2.30. The average Bonchev–Trinajstić information content (AvgIpc) is 2.80. The van der Waals surface area contributed by atoms with Crippen molar-refractivity contribution in [2.24, 2.45) is 5.92 Å². The van der Waals surface area contributed by atoms with E-state index in [1.165, 1.54) is 13.0 Å². The summed E-state index contributed by atoms with van der Waals surface area (Å²) < 4.78 is 27.7. The third-order valence-corrected chi connectivity index (χ3v) is 5.22. The van der Waals surface area contributed by atoms with Crippen LogP contribution < -0.4 is 5.32 Å². The number of sulfone groups is 1. The van der Waals surface area contributed by atoms with E-state index >= 15 is 0 Å². The molecule has 0 bridgehead atoms. The first-order chi connectivity index (χ1) is 11.2. The van der Waals surface area contributed by atoms with Crippen LogP contribution in [0, 0.1) is 19.8 Å². The van der Waals surface area contributed by atoms with Crippen LogP contribution in [0.1, 0.15) is 24.5 Å². The van der Waals surface area contributed by atoms with Gasteiger partial charge in [0.1, 0.15) is 0 Å². The van der Waals surface area contributed by atoms with Crippen molar-refractivity contribution in [2.45, 2.75) is 33.3 Å². The van der Waals surface area contributed by atoms with Crippen molar-refractivity contribution in [3.05, 3.63) is 40.8 Å². The van der Waals surface area contributed by atoms with Gasteiger partial charge in [0.2, 0.25) is 0 Å². The molecule has 2 atom stereocenters. The van der Waals surface area contributed by atoms with Crippen LogP contribution in [0.25, 0.3) is 0 Å². The summed E-state index contributed by atoms with van der Waals surface area (Å²) in [6, 6.07) is 5.62. The monoisotopic (exact) mass is 351 g/mol. The molecule has 1 N–H and O–H groups in total. The van der Waals surface area contributed by atoms with E-state index in [1.807, 2.05) is 26.0 Å². The van der Waals surface area contributed by atoms with Crippen LogP contribution in [-0.4, -0.2) is 32.2 Å². The number of anilines is 1. The van der Waals surface area contributed by atoms with Crippen LogP contribution in [0.3, 0.4) is 0 Å². The van der Waals surface area contributed by atoms with Crippen LogP contribution in [-0.2, 0) is 24.2 Å². The van der Waals surface area contributed by atoms with Gasteiger partial charge < -0.3 is 10.1 Å². The quantitative estimate of drug-likeness (QED) is 0.821. The Balaban J connectivity index is 1.87. The summed E-state index contributed by atoms with van der Waals surface area (Å²) in [5.74, 6) is -1.50.